The molecule has 0 aliphatic carbocycles. The summed E-state index contributed by atoms with van der Waals surface area (Å²) in [4.78, 5) is 32.2. The van der Waals surface area contributed by atoms with E-state index < -0.39 is 32.8 Å². The van der Waals surface area contributed by atoms with Gasteiger partial charge in [0.25, 0.3) is 0 Å². The van der Waals surface area contributed by atoms with Gasteiger partial charge in [0.1, 0.15) is 34.5 Å². The second-order valence-corrected chi connectivity index (χ2v) is 12.8. The molecule has 2 aliphatic rings. The number of carbonyl (C=O) groups excluding carboxylic acids is 1. The second kappa shape index (κ2) is 11.4. The van der Waals surface area contributed by atoms with Crippen molar-refractivity contribution in [1.82, 2.24) is 15.2 Å². The number of anilines is 1. The summed E-state index contributed by atoms with van der Waals surface area (Å²) in [6.07, 6.45) is 0.749. The van der Waals surface area contributed by atoms with E-state index in [-0.39, 0.29) is 53.8 Å². The molecule has 0 bridgehead atoms. The predicted octanol–water partition coefficient (Wildman–Crippen LogP) is 2.42. The third-order valence-corrected chi connectivity index (χ3v) is 8.33. The molecule has 0 spiro atoms. The lowest BCUT2D eigenvalue weighted by Gasteiger charge is -2.35. The molecule has 2 N–H and O–H groups in total. The first-order valence-corrected chi connectivity index (χ1v) is 14.1. The van der Waals surface area contributed by atoms with Crippen LogP contribution < -0.4 is 15.0 Å². The average molecular weight is 547 g/mol. The summed E-state index contributed by atoms with van der Waals surface area (Å²) in [7, 11) is -3.26. The number of rotatable bonds is 7. The van der Waals surface area contributed by atoms with Crippen LogP contribution in [0.15, 0.2) is 6.07 Å². The van der Waals surface area contributed by atoms with Gasteiger partial charge in [0.05, 0.1) is 17.0 Å². The number of nitrogens with one attached hydrogen (secondary N) is 1. The molecule has 0 aromatic carbocycles. The van der Waals surface area contributed by atoms with E-state index in [1.165, 1.54) is 6.07 Å². The van der Waals surface area contributed by atoms with Crippen molar-refractivity contribution in [3.05, 3.63) is 16.8 Å². The number of piperazine rings is 1. The van der Waals surface area contributed by atoms with Crippen molar-refractivity contribution >= 4 is 39.3 Å². The van der Waals surface area contributed by atoms with Crippen LogP contribution in [0, 0.1) is 0 Å². The lowest BCUT2D eigenvalue weighted by Crippen LogP contribution is -2.55. The van der Waals surface area contributed by atoms with E-state index >= 15 is 0 Å². The van der Waals surface area contributed by atoms with E-state index in [1.807, 2.05) is 6.92 Å². The van der Waals surface area contributed by atoms with Crippen LogP contribution in [0.5, 0.6) is 5.75 Å². The number of carboxylic acids is 1. The highest BCUT2D eigenvalue weighted by molar-refractivity contribution is 7.92. The Labute approximate surface area is 217 Å². The molecule has 11 nitrogen and oxygen atoms in total. The third kappa shape index (κ3) is 7.13. The third-order valence-electron chi connectivity index (χ3n) is 5.98. The van der Waals surface area contributed by atoms with Crippen LogP contribution >= 0.6 is 11.6 Å². The molecule has 36 heavy (non-hydrogen) atoms. The maximum absolute atomic E-state index is 12.5. The van der Waals surface area contributed by atoms with Crippen LogP contribution in [0.3, 0.4) is 0 Å². The lowest BCUT2D eigenvalue weighted by atomic mass is 10.1. The predicted molar refractivity (Wildman–Crippen MR) is 136 cm³/mol. The number of nitrogens with zero attached hydrogens (tertiary/aromatic N) is 3. The zero-order valence-corrected chi connectivity index (χ0v) is 22.7. The molecule has 2 fully saturated rings. The summed E-state index contributed by atoms with van der Waals surface area (Å²) in [5, 5.41) is 12.7. The van der Waals surface area contributed by atoms with Gasteiger partial charge in [-0.1, -0.05) is 24.9 Å². The Bertz CT molecular complexity index is 1080. The van der Waals surface area contributed by atoms with Gasteiger partial charge in [-0.2, -0.15) is 0 Å². The molecule has 0 radical (unpaired) electrons. The number of amides is 1. The quantitative estimate of drug-likeness (QED) is 0.490. The smallest absolute Gasteiger partial charge is 0.410 e. The molecule has 2 aliphatic heterocycles. The van der Waals surface area contributed by atoms with E-state index in [0.29, 0.717) is 32.5 Å². The van der Waals surface area contributed by atoms with Gasteiger partial charge in [-0.3, -0.25) is 0 Å². The standard InChI is InChI=1S/C23H35ClN4O7S/c1-5-6-16-13-27(9-10-36(16,32)33)20-19(21(29)30)17(11-18(24)26-20)34-14-15-12-28(8-7-25-15)22(31)35-23(2,3)4/h11,15-16,25H,5-10,12-14H2,1-4H3,(H,29,30)/t15-,16?/m1/s1. The minimum absolute atomic E-state index is 0.0363. The first kappa shape index (κ1) is 28.3. The van der Waals surface area contributed by atoms with Gasteiger partial charge in [0, 0.05) is 38.8 Å². The van der Waals surface area contributed by atoms with Crippen LogP contribution in [-0.2, 0) is 14.6 Å². The molecule has 202 valence electrons. The van der Waals surface area contributed by atoms with Gasteiger partial charge < -0.3 is 29.7 Å². The van der Waals surface area contributed by atoms with E-state index in [2.05, 4.69) is 10.3 Å². The summed E-state index contributed by atoms with van der Waals surface area (Å²) in [6, 6.07) is 1.07. The van der Waals surface area contributed by atoms with E-state index in [1.54, 1.807) is 30.6 Å². The maximum atomic E-state index is 12.5. The molecule has 13 heteroatoms. The monoisotopic (exact) mass is 546 g/mol. The number of carbonyl (C=O) groups is 2. The molecular formula is C23H35ClN4O7S. The van der Waals surface area contributed by atoms with Crippen LogP contribution in [0.25, 0.3) is 0 Å². The van der Waals surface area contributed by atoms with Gasteiger partial charge in [0.2, 0.25) is 0 Å². The average Bonchev–Trinajstić information content (AvgIpc) is 2.77. The fourth-order valence-corrected chi connectivity index (χ4v) is 6.27. The minimum atomic E-state index is -3.26. The van der Waals surface area contributed by atoms with Crippen LogP contribution in [0.4, 0.5) is 10.6 Å². The summed E-state index contributed by atoms with van der Waals surface area (Å²) < 4.78 is 36.3. The summed E-state index contributed by atoms with van der Waals surface area (Å²) in [5.41, 5.74) is -0.785. The van der Waals surface area contributed by atoms with Crippen LogP contribution in [0.2, 0.25) is 5.15 Å². The topological polar surface area (TPSA) is 138 Å². The van der Waals surface area contributed by atoms with Crippen molar-refractivity contribution in [3.8, 4) is 5.75 Å². The summed E-state index contributed by atoms with van der Waals surface area (Å²) in [5.74, 6) is -1.22. The molecule has 3 rings (SSSR count). The van der Waals surface area contributed by atoms with Crippen molar-refractivity contribution < 1.29 is 32.6 Å². The summed E-state index contributed by atoms with van der Waals surface area (Å²) >= 11 is 6.23. The number of hydrogen-bond acceptors (Lipinski definition) is 9. The Balaban J connectivity index is 1.78. The van der Waals surface area contributed by atoms with E-state index in [4.69, 9.17) is 21.1 Å². The zero-order chi connectivity index (χ0) is 26.7. The number of halogens is 1. The number of hydrogen-bond donors (Lipinski definition) is 2. The molecule has 2 atom stereocenters. The van der Waals surface area contributed by atoms with Crippen LogP contribution in [0.1, 0.15) is 50.9 Å². The molecular weight excluding hydrogens is 512 g/mol. The molecule has 2 saturated heterocycles. The number of carboxylic acid groups (broad SMARTS) is 1. The van der Waals surface area contributed by atoms with Crippen molar-refractivity contribution in [1.29, 1.82) is 0 Å². The molecule has 1 unspecified atom stereocenters. The normalized spacial score (nSPS) is 22.2. The highest BCUT2D eigenvalue weighted by atomic mass is 35.5. The molecule has 1 aromatic heterocycles. The number of sulfone groups is 1. The minimum Gasteiger partial charge on any atom is -0.491 e. The van der Waals surface area contributed by atoms with Crippen molar-refractivity contribution in [2.24, 2.45) is 0 Å². The Kier molecular flexibility index (Phi) is 8.94. The first-order chi connectivity index (χ1) is 16.8. The fourth-order valence-electron chi connectivity index (χ4n) is 4.28. The molecule has 3 heterocycles. The van der Waals surface area contributed by atoms with Crippen LogP contribution in [-0.4, -0.2) is 97.4 Å². The van der Waals surface area contributed by atoms with Gasteiger partial charge in [-0.25, -0.2) is 23.0 Å². The number of pyridine rings is 1. The van der Waals surface area contributed by atoms with Gasteiger partial charge in [0.15, 0.2) is 9.84 Å². The number of aromatic nitrogens is 1. The Hall–Kier alpha value is -2.31. The van der Waals surface area contributed by atoms with Gasteiger partial charge in [-0.15, -0.1) is 0 Å². The molecule has 1 amide bonds. The van der Waals surface area contributed by atoms with Gasteiger partial charge >= 0.3 is 12.1 Å². The number of aromatic carboxylic acids is 1. The fraction of sp³-hybridized carbons (Fsp3) is 0.696. The summed E-state index contributed by atoms with van der Waals surface area (Å²) in [6.45, 7) is 8.97. The first-order valence-electron chi connectivity index (χ1n) is 12.0. The Morgan fingerprint density at radius 3 is 2.64 bits per heavy atom. The highest BCUT2D eigenvalue weighted by Crippen LogP contribution is 2.33. The Morgan fingerprint density at radius 1 is 1.28 bits per heavy atom. The van der Waals surface area contributed by atoms with Crippen molar-refractivity contribution in [2.75, 3.05) is 50.0 Å². The number of ether oxygens (including phenoxy) is 2. The second-order valence-electron chi connectivity index (χ2n) is 10.1. The van der Waals surface area contributed by atoms with Crippen molar-refractivity contribution in [2.45, 2.75) is 57.4 Å². The van der Waals surface area contributed by atoms with E-state index in [0.717, 1.165) is 0 Å². The van der Waals surface area contributed by atoms with E-state index in [9.17, 15) is 23.1 Å². The SMILES string of the molecule is CCCC1CN(c2nc(Cl)cc(OC[C@H]3CN(C(=O)OC(C)(C)C)CCN3)c2C(=O)O)CCS1(=O)=O. The van der Waals surface area contributed by atoms with Gasteiger partial charge in [-0.05, 0) is 27.2 Å². The highest BCUT2D eigenvalue weighted by Gasteiger charge is 2.36. The van der Waals surface area contributed by atoms with Crippen molar-refractivity contribution in [3.63, 3.8) is 0 Å². The maximum Gasteiger partial charge on any atom is 0.410 e. The Morgan fingerprint density at radius 2 is 2.00 bits per heavy atom. The molecule has 1 aromatic rings. The lowest BCUT2D eigenvalue weighted by molar-refractivity contribution is 0.0178. The largest absolute Gasteiger partial charge is 0.491 e. The zero-order valence-electron chi connectivity index (χ0n) is 21.1. The molecule has 0 saturated carbocycles.